The highest BCUT2D eigenvalue weighted by Crippen LogP contribution is 2.08. The van der Waals surface area contributed by atoms with E-state index in [1.54, 1.807) is 17.4 Å². The van der Waals surface area contributed by atoms with Crippen molar-refractivity contribution in [3.63, 3.8) is 0 Å². The Balaban J connectivity index is 1.82. The summed E-state index contributed by atoms with van der Waals surface area (Å²) in [5, 5.41) is 10.5. The summed E-state index contributed by atoms with van der Waals surface area (Å²) in [7, 11) is 0. The van der Waals surface area contributed by atoms with Gasteiger partial charge in [0, 0.05) is 11.4 Å². The highest BCUT2D eigenvalue weighted by Gasteiger charge is 2.03. The van der Waals surface area contributed by atoms with Gasteiger partial charge < -0.3 is 15.1 Å². The van der Waals surface area contributed by atoms with Crippen molar-refractivity contribution in [2.45, 2.75) is 26.9 Å². The van der Waals surface area contributed by atoms with Crippen LogP contribution in [0.2, 0.25) is 0 Å². The molecule has 7 heteroatoms. The van der Waals surface area contributed by atoms with Crippen molar-refractivity contribution in [2.75, 3.05) is 0 Å². The zero-order valence-corrected chi connectivity index (χ0v) is 11.0. The molecule has 0 spiro atoms. The minimum absolute atomic E-state index is 0.220. The van der Waals surface area contributed by atoms with Crippen LogP contribution in [0.1, 0.15) is 22.2 Å². The van der Waals surface area contributed by atoms with Gasteiger partial charge in [-0.3, -0.25) is 0 Å². The van der Waals surface area contributed by atoms with E-state index < -0.39 is 0 Å². The smallest absolute Gasteiger partial charge is 0.177 e. The second-order valence-corrected chi connectivity index (χ2v) is 4.89. The first kappa shape index (κ1) is 12.6. The van der Waals surface area contributed by atoms with E-state index >= 15 is 0 Å². The van der Waals surface area contributed by atoms with Crippen LogP contribution in [0.25, 0.3) is 0 Å². The van der Waals surface area contributed by atoms with Crippen LogP contribution in [0, 0.1) is 13.8 Å². The fourth-order valence-electron chi connectivity index (χ4n) is 1.37. The minimum Gasteiger partial charge on any atom is -0.386 e. The Labute approximate surface area is 108 Å². The molecule has 2 rings (SSSR count). The summed E-state index contributed by atoms with van der Waals surface area (Å²) in [4.78, 5) is 9.37. The molecule has 0 atom stereocenters. The van der Waals surface area contributed by atoms with Crippen molar-refractivity contribution in [1.82, 2.24) is 10.1 Å². The van der Waals surface area contributed by atoms with Crippen LogP contribution in [0.15, 0.2) is 21.1 Å². The van der Waals surface area contributed by atoms with E-state index in [9.17, 15) is 0 Å². The quantitative estimate of drug-likeness (QED) is 0.506. The summed E-state index contributed by atoms with van der Waals surface area (Å²) >= 11 is 1.58. The molecule has 0 saturated carbocycles. The summed E-state index contributed by atoms with van der Waals surface area (Å²) in [5.74, 6) is 1.00. The van der Waals surface area contributed by atoms with Gasteiger partial charge in [0.1, 0.15) is 5.84 Å². The Morgan fingerprint density at radius 3 is 3.00 bits per heavy atom. The van der Waals surface area contributed by atoms with Gasteiger partial charge in [-0.2, -0.15) is 0 Å². The van der Waals surface area contributed by atoms with E-state index in [-0.39, 0.29) is 6.61 Å². The Morgan fingerprint density at radius 2 is 2.39 bits per heavy atom. The number of hydrogen-bond donors (Lipinski definition) is 1. The Bertz CT molecular complexity index is 547. The van der Waals surface area contributed by atoms with Crippen LogP contribution in [0.5, 0.6) is 0 Å². The lowest BCUT2D eigenvalue weighted by molar-refractivity contribution is 0.108. The lowest BCUT2D eigenvalue weighted by atomic mass is 10.3. The molecule has 0 saturated heterocycles. The molecular weight excluding hydrogens is 252 g/mol. The average Bonchev–Trinajstić information content (AvgIpc) is 2.88. The molecule has 2 N–H and O–H groups in total. The predicted octanol–water partition coefficient (Wildman–Crippen LogP) is 1.78. The SMILES string of the molecule is Cc1cc(CON=C(N)Cc2csc(C)n2)on1. The van der Waals surface area contributed by atoms with Gasteiger partial charge in [0.2, 0.25) is 0 Å². The molecular formula is C11H14N4O2S. The molecule has 96 valence electrons. The number of rotatable bonds is 5. The van der Waals surface area contributed by atoms with Gasteiger partial charge in [-0.15, -0.1) is 11.3 Å². The topological polar surface area (TPSA) is 86.5 Å². The molecule has 6 nitrogen and oxygen atoms in total. The van der Waals surface area contributed by atoms with Crippen LogP contribution in [0.4, 0.5) is 0 Å². The fraction of sp³-hybridized carbons (Fsp3) is 0.364. The van der Waals surface area contributed by atoms with Crippen LogP contribution in [0.3, 0.4) is 0 Å². The van der Waals surface area contributed by atoms with Crippen molar-refractivity contribution in [3.05, 3.63) is 33.6 Å². The van der Waals surface area contributed by atoms with E-state index in [2.05, 4.69) is 15.3 Å². The Morgan fingerprint density at radius 1 is 1.56 bits per heavy atom. The molecule has 0 aromatic carbocycles. The monoisotopic (exact) mass is 266 g/mol. The second-order valence-electron chi connectivity index (χ2n) is 3.83. The third-order valence-corrected chi connectivity index (χ3v) is 2.92. The summed E-state index contributed by atoms with van der Waals surface area (Å²) in [6.45, 7) is 4.01. The molecule has 2 heterocycles. The van der Waals surface area contributed by atoms with Crippen LogP contribution < -0.4 is 5.73 Å². The van der Waals surface area contributed by atoms with Crippen molar-refractivity contribution in [3.8, 4) is 0 Å². The fourth-order valence-corrected chi connectivity index (χ4v) is 1.98. The van der Waals surface area contributed by atoms with Gasteiger partial charge in [-0.1, -0.05) is 10.3 Å². The Hall–Kier alpha value is -1.89. The van der Waals surface area contributed by atoms with Crippen LogP contribution in [-0.2, 0) is 17.9 Å². The van der Waals surface area contributed by atoms with Gasteiger partial charge in [0.15, 0.2) is 12.4 Å². The number of aryl methyl sites for hydroxylation is 2. The molecule has 0 fully saturated rings. The minimum atomic E-state index is 0.220. The van der Waals surface area contributed by atoms with Crippen LogP contribution in [-0.4, -0.2) is 16.0 Å². The molecule has 0 unspecified atom stereocenters. The van der Waals surface area contributed by atoms with Crippen molar-refractivity contribution in [2.24, 2.45) is 10.9 Å². The van der Waals surface area contributed by atoms with Gasteiger partial charge >= 0.3 is 0 Å². The van der Waals surface area contributed by atoms with Gasteiger partial charge in [-0.05, 0) is 13.8 Å². The van der Waals surface area contributed by atoms with Gasteiger partial charge in [0.25, 0.3) is 0 Å². The number of nitrogens with zero attached hydrogens (tertiary/aromatic N) is 3. The zero-order chi connectivity index (χ0) is 13.0. The first-order chi connectivity index (χ1) is 8.63. The summed E-state index contributed by atoms with van der Waals surface area (Å²) < 4.78 is 4.97. The number of thiazole rings is 1. The highest BCUT2D eigenvalue weighted by molar-refractivity contribution is 7.09. The number of hydrogen-bond acceptors (Lipinski definition) is 6. The number of aromatic nitrogens is 2. The number of oxime groups is 1. The van der Waals surface area contributed by atoms with Crippen molar-refractivity contribution in [1.29, 1.82) is 0 Å². The molecule has 2 aromatic rings. The van der Waals surface area contributed by atoms with E-state index in [0.29, 0.717) is 18.0 Å². The van der Waals surface area contributed by atoms with Gasteiger partial charge in [0.05, 0.1) is 22.8 Å². The molecule has 2 aromatic heterocycles. The van der Waals surface area contributed by atoms with E-state index in [1.165, 1.54) is 0 Å². The molecule has 0 aliphatic carbocycles. The number of amidine groups is 1. The Kier molecular flexibility index (Phi) is 3.93. The first-order valence-corrected chi connectivity index (χ1v) is 6.29. The third-order valence-electron chi connectivity index (χ3n) is 2.09. The maximum absolute atomic E-state index is 5.73. The molecule has 0 radical (unpaired) electrons. The standard InChI is InChI=1S/C11H14N4O2S/c1-7-3-10(17-14-7)5-16-15-11(12)4-9-6-18-8(2)13-9/h3,6H,4-5H2,1-2H3,(H2,12,15). The van der Waals surface area contributed by atoms with Crippen molar-refractivity contribution < 1.29 is 9.36 Å². The van der Waals surface area contributed by atoms with E-state index in [0.717, 1.165) is 16.4 Å². The summed E-state index contributed by atoms with van der Waals surface area (Å²) in [5.41, 5.74) is 7.44. The normalized spacial score (nSPS) is 11.8. The van der Waals surface area contributed by atoms with Crippen molar-refractivity contribution >= 4 is 17.2 Å². The lowest BCUT2D eigenvalue weighted by Crippen LogP contribution is -2.15. The zero-order valence-electron chi connectivity index (χ0n) is 10.2. The van der Waals surface area contributed by atoms with E-state index in [4.69, 9.17) is 15.1 Å². The summed E-state index contributed by atoms with van der Waals surface area (Å²) in [6.07, 6.45) is 0.486. The summed E-state index contributed by atoms with van der Waals surface area (Å²) in [6, 6.07) is 1.79. The maximum Gasteiger partial charge on any atom is 0.177 e. The maximum atomic E-state index is 5.73. The van der Waals surface area contributed by atoms with E-state index in [1.807, 2.05) is 19.2 Å². The second kappa shape index (κ2) is 5.63. The molecule has 0 bridgehead atoms. The third kappa shape index (κ3) is 3.56. The number of nitrogens with two attached hydrogens (primary N) is 1. The highest BCUT2D eigenvalue weighted by atomic mass is 32.1. The average molecular weight is 266 g/mol. The molecule has 18 heavy (non-hydrogen) atoms. The first-order valence-electron chi connectivity index (χ1n) is 5.41. The van der Waals surface area contributed by atoms with Gasteiger partial charge in [-0.25, -0.2) is 4.98 Å². The molecule has 0 aliphatic heterocycles. The van der Waals surface area contributed by atoms with Crippen LogP contribution >= 0.6 is 11.3 Å². The largest absolute Gasteiger partial charge is 0.386 e. The lowest BCUT2D eigenvalue weighted by Gasteiger charge is -1.98. The molecule has 0 amide bonds. The molecule has 0 aliphatic rings. The predicted molar refractivity (Wildman–Crippen MR) is 68.2 cm³/mol.